The second kappa shape index (κ2) is 2.54. The van der Waals surface area contributed by atoms with Crippen LogP contribution in [0.3, 0.4) is 0 Å². The predicted octanol–water partition coefficient (Wildman–Crippen LogP) is 2.07. The summed E-state index contributed by atoms with van der Waals surface area (Å²) >= 11 is 1.58. The molecule has 0 amide bonds. The maximum Gasteiger partial charge on any atom is 0.104 e. The summed E-state index contributed by atoms with van der Waals surface area (Å²) in [5, 5.41) is 10.1. The summed E-state index contributed by atoms with van der Waals surface area (Å²) in [5.74, 6) is 0.469. The molecule has 1 saturated carbocycles. The smallest absolute Gasteiger partial charge is 0.104 e. The molecule has 2 atom stereocenters. The number of nitrogens with zero attached hydrogens (tertiary/aromatic N) is 1. The van der Waals surface area contributed by atoms with Crippen molar-refractivity contribution < 1.29 is 5.11 Å². The van der Waals surface area contributed by atoms with Crippen LogP contribution in [-0.4, -0.2) is 10.1 Å². The molecule has 2 nitrogen and oxygen atoms in total. The van der Waals surface area contributed by atoms with Crippen LogP contribution in [0.4, 0.5) is 0 Å². The molecule has 12 heavy (non-hydrogen) atoms. The van der Waals surface area contributed by atoms with Crippen molar-refractivity contribution in [3.8, 4) is 0 Å². The number of thiazole rings is 1. The largest absolute Gasteiger partial charge is 0.384 e. The van der Waals surface area contributed by atoms with Crippen LogP contribution in [0.15, 0.2) is 5.51 Å². The molecule has 66 valence electrons. The Balaban J connectivity index is 2.27. The first kappa shape index (κ1) is 8.20. The zero-order chi connectivity index (χ0) is 8.77. The minimum Gasteiger partial charge on any atom is -0.384 e. The molecule has 0 aliphatic heterocycles. The van der Waals surface area contributed by atoms with Crippen molar-refractivity contribution in [2.24, 2.45) is 5.92 Å². The summed E-state index contributed by atoms with van der Waals surface area (Å²) in [7, 11) is 0. The fourth-order valence-electron chi connectivity index (χ4n) is 1.79. The lowest BCUT2D eigenvalue weighted by Gasteiger charge is -2.07. The van der Waals surface area contributed by atoms with E-state index in [1.165, 1.54) is 0 Å². The Labute approximate surface area is 76.3 Å². The van der Waals surface area contributed by atoms with E-state index in [4.69, 9.17) is 0 Å². The van der Waals surface area contributed by atoms with E-state index < -0.39 is 5.60 Å². The third-order valence-electron chi connectivity index (χ3n) is 2.70. The molecule has 0 bridgehead atoms. The molecular formula is C9H13NOS. The summed E-state index contributed by atoms with van der Waals surface area (Å²) < 4.78 is 0. The summed E-state index contributed by atoms with van der Waals surface area (Å²) in [6.07, 6.45) is 1.99. The van der Waals surface area contributed by atoms with Gasteiger partial charge in [0.15, 0.2) is 0 Å². The van der Waals surface area contributed by atoms with Crippen LogP contribution >= 0.6 is 11.3 Å². The van der Waals surface area contributed by atoms with Gasteiger partial charge in [0, 0.05) is 0 Å². The van der Waals surface area contributed by atoms with Crippen molar-refractivity contribution in [3.63, 3.8) is 0 Å². The van der Waals surface area contributed by atoms with Gasteiger partial charge in [-0.25, -0.2) is 4.98 Å². The van der Waals surface area contributed by atoms with Gasteiger partial charge in [0.2, 0.25) is 0 Å². The highest BCUT2D eigenvalue weighted by atomic mass is 32.1. The van der Waals surface area contributed by atoms with E-state index >= 15 is 0 Å². The van der Waals surface area contributed by atoms with Gasteiger partial charge in [-0.15, -0.1) is 11.3 Å². The maximum atomic E-state index is 10.1. The molecule has 1 aromatic rings. The molecule has 0 aromatic carbocycles. The summed E-state index contributed by atoms with van der Waals surface area (Å²) in [5.41, 5.74) is 2.30. The molecule has 2 rings (SSSR count). The lowest BCUT2D eigenvalue weighted by atomic mass is 10.1. The number of aromatic nitrogens is 1. The maximum absolute atomic E-state index is 10.1. The van der Waals surface area contributed by atoms with E-state index in [-0.39, 0.29) is 0 Å². The van der Waals surface area contributed by atoms with Gasteiger partial charge >= 0.3 is 0 Å². The molecule has 2 unspecified atom stereocenters. The first-order valence-electron chi connectivity index (χ1n) is 4.31. The van der Waals surface area contributed by atoms with E-state index in [1.54, 1.807) is 11.3 Å². The summed E-state index contributed by atoms with van der Waals surface area (Å²) in [6.45, 7) is 4.09. The van der Waals surface area contributed by atoms with Gasteiger partial charge in [-0.05, 0) is 19.3 Å². The lowest BCUT2D eigenvalue weighted by Crippen LogP contribution is -2.07. The number of aliphatic hydroxyl groups is 1. The zero-order valence-electron chi connectivity index (χ0n) is 7.37. The van der Waals surface area contributed by atoms with E-state index in [1.807, 2.05) is 12.4 Å². The molecule has 0 radical (unpaired) electrons. The number of hydrogen-bond acceptors (Lipinski definition) is 3. The highest BCUT2D eigenvalue weighted by Crippen LogP contribution is 2.55. The Morgan fingerprint density at radius 3 is 3.00 bits per heavy atom. The van der Waals surface area contributed by atoms with Gasteiger partial charge in [-0.1, -0.05) is 13.3 Å². The van der Waals surface area contributed by atoms with E-state index in [9.17, 15) is 5.11 Å². The molecule has 1 heterocycles. The van der Waals surface area contributed by atoms with Crippen molar-refractivity contribution in [1.29, 1.82) is 0 Å². The average molecular weight is 183 g/mol. The van der Waals surface area contributed by atoms with Crippen molar-refractivity contribution in [2.45, 2.75) is 32.3 Å². The second-order valence-corrected chi connectivity index (χ2v) is 4.36. The highest BCUT2D eigenvalue weighted by Gasteiger charge is 2.54. The normalized spacial score (nSPS) is 33.8. The van der Waals surface area contributed by atoms with Crippen molar-refractivity contribution in [2.75, 3.05) is 0 Å². The standard InChI is InChI=1S/C9H13NOS/c1-3-7-4-9(7,11)8-6(2)10-5-12-8/h5,7,11H,3-4H2,1-2H3. The molecule has 1 aliphatic carbocycles. The van der Waals surface area contributed by atoms with Crippen LogP contribution in [0.5, 0.6) is 0 Å². The Morgan fingerprint density at radius 2 is 2.58 bits per heavy atom. The van der Waals surface area contributed by atoms with Gasteiger partial charge < -0.3 is 5.11 Å². The first-order valence-corrected chi connectivity index (χ1v) is 5.19. The van der Waals surface area contributed by atoms with E-state index in [0.29, 0.717) is 5.92 Å². The molecular weight excluding hydrogens is 170 g/mol. The molecule has 0 spiro atoms. The monoisotopic (exact) mass is 183 g/mol. The van der Waals surface area contributed by atoms with E-state index in [2.05, 4.69) is 11.9 Å². The molecule has 1 N–H and O–H groups in total. The molecule has 1 fully saturated rings. The minimum absolute atomic E-state index is 0.469. The van der Waals surface area contributed by atoms with Gasteiger partial charge in [-0.2, -0.15) is 0 Å². The number of rotatable bonds is 2. The van der Waals surface area contributed by atoms with E-state index in [0.717, 1.165) is 23.4 Å². The topological polar surface area (TPSA) is 33.1 Å². The lowest BCUT2D eigenvalue weighted by molar-refractivity contribution is 0.133. The number of aryl methyl sites for hydroxylation is 1. The Bertz CT molecular complexity index is 296. The van der Waals surface area contributed by atoms with Gasteiger partial charge in [0.1, 0.15) is 5.60 Å². The zero-order valence-corrected chi connectivity index (χ0v) is 8.19. The third-order valence-corrected chi connectivity index (χ3v) is 3.80. The van der Waals surface area contributed by atoms with Gasteiger partial charge in [0.05, 0.1) is 16.1 Å². The van der Waals surface area contributed by atoms with Crippen LogP contribution in [0, 0.1) is 12.8 Å². The summed E-state index contributed by atoms with van der Waals surface area (Å²) in [4.78, 5) is 5.23. The fourth-order valence-corrected chi connectivity index (χ4v) is 2.79. The van der Waals surface area contributed by atoms with Crippen LogP contribution < -0.4 is 0 Å². The molecule has 1 aromatic heterocycles. The first-order chi connectivity index (χ1) is 5.68. The molecule has 0 saturated heterocycles. The summed E-state index contributed by atoms with van der Waals surface area (Å²) in [6, 6.07) is 0. The molecule has 3 heteroatoms. The average Bonchev–Trinajstić information content (AvgIpc) is 2.50. The Morgan fingerprint density at radius 1 is 1.83 bits per heavy atom. The molecule has 1 aliphatic rings. The predicted molar refractivity (Wildman–Crippen MR) is 49.1 cm³/mol. The van der Waals surface area contributed by atoms with Crippen LogP contribution in [-0.2, 0) is 5.60 Å². The Kier molecular flexibility index (Phi) is 1.73. The quantitative estimate of drug-likeness (QED) is 0.761. The van der Waals surface area contributed by atoms with Crippen molar-refractivity contribution in [1.82, 2.24) is 4.98 Å². The van der Waals surface area contributed by atoms with Crippen LogP contribution in [0.1, 0.15) is 30.3 Å². The fraction of sp³-hybridized carbons (Fsp3) is 0.667. The highest BCUT2D eigenvalue weighted by molar-refractivity contribution is 7.09. The van der Waals surface area contributed by atoms with Crippen LogP contribution in [0.2, 0.25) is 0 Å². The van der Waals surface area contributed by atoms with Crippen molar-refractivity contribution >= 4 is 11.3 Å². The van der Waals surface area contributed by atoms with Crippen molar-refractivity contribution in [3.05, 3.63) is 16.1 Å². The number of hydrogen-bond donors (Lipinski definition) is 1. The minimum atomic E-state index is -0.514. The Hall–Kier alpha value is -0.410. The van der Waals surface area contributed by atoms with Crippen LogP contribution in [0.25, 0.3) is 0 Å². The van der Waals surface area contributed by atoms with Gasteiger partial charge in [0.25, 0.3) is 0 Å². The van der Waals surface area contributed by atoms with Gasteiger partial charge in [-0.3, -0.25) is 0 Å². The second-order valence-electron chi connectivity index (χ2n) is 3.50. The third kappa shape index (κ3) is 1.00. The SMILES string of the molecule is CCC1CC1(O)c1scnc1C.